The van der Waals surface area contributed by atoms with Crippen molar-refractivity contribution in [3.8, 4) is 0 Å². The van der Waals surface area contributed by atoms with E-state index in [9.17, 15) is 0 Å². The molecule has 1 radical (unpaired) electrons. The average molecular weight is 142 g/mol. The van der Waals surface area contributed by atoms with Crippen molar-refractivity contribution < 1.29 is 0 Å². The van der Waals surface area contributed by atoms with E-state index in [0.29, 0.717) is 6.04 Å². The minimum absolute atomic E-state index is 0.685. The zero-order chi connectivity index (χ0) is 7.82. The topological polar surface area (TPSA) is 12.0 Å². The van der Waals surface area contributed by atoms with Crippen LogP contribution in [0.25, 0.3) is 0 Å². The van der Waals surface area contributed by atoms with Gasteiger partial charge in [0.05, 0.1) is 0 Å². The molecule has 0 aromatic rings. The Labute approximate surface area is 65.2 Å². The third kappa shape index (κ3) is 6.09. The molecule has 1 nitrogen and oxygen atoms in total. The first kappa shape index (κ1) is 9.96. The van der Waals surface area contributed by atoms with E-state index in [0.717, 1.165) is 13.0 Å². The lowest BCUT2D eigenvalue weighted by atomic mass is 10.2. The second-order valence-electron chi connectivity index (χ2n) is 2.82. The normalized spacial score (nSPS) is 13.5. The minimum atomic E-state index is 0.685. The first-order valence-electron chi connectivity index (χ1n) is 4.33. The molecule has 1 N–H and O–H groups in total. The Kier molecular flexibility index (Phi) is 7.04. The van der Waals surface area contributed by atoms with Crippen LogP contribution in [0.15, 0.2) is 0 Å². The molecular weight excluding hydrogens is 122 g/mol. The van der Waals surface area contributed by atoms with Gasteiger partial charge in [0.15, 0.2) is 0 Å². The molecule has 0 saturated carbocycles. The van der Waals surface area contributed by atoms with Gasteiger partial charge in [-0.2, -0.15) is 0 Å². The standard InChI is InChI=1S/C9H20N/c1-4-6-7-8-10-9(3)5-2/h9-10H,1,4-8H2,2-3H3. The maximum absolute atomic E-state index is 3.79. The van der Waals surface area contributed by atoms with Gasteiger partial charge in [-0.25, -0.2) is 0 Å². The van der Waals surface area contributed by atoms with Gasteiger partial charge in [0, 0.05) is 6.04 Å². The second-order valence-corrected chi connectivity index (χ2v) is 2.82. The van der Waals surface area contributed by atoms with E-state index in [1.54, 1.807) is 0 Å². The van der Waals surface area contributed by atoms with Crippen molar-refractivity contribution in [2.75, 3.05) is 6.54 Å². The Morgan fingerprint density at radius 2 is 2.10 bits per heavy atom. The molecule has 1 atom stereocenters. The summed E-state index contributed by atoms with van der Waals surface area (Å²) in [4.78, 5) is 0. The van der Waals surface area contributed by atoms with E-state index < -0.39 is 0 Å². The van der Waals surface area contributed by atoms with Crippen molar-refractivity contribution >= 4 is 0 Å². The molecule has 0 aliphatic heterocycles. The van der Waals surface area contributed by atoms with Gasteiger partial charge in [0.1, 0.15) is 0 Å². The average Bonchev–Trinajstić information content (AvgIpc) is 1.98. The molecule has 0 aliphatic rings. The van der Waals surface area contributed by atoms with E-state index in [1.807, 2.05) is 0 Å². The van der Waals surface area contributed by atoms with Crippen LogP contribution in [0.3, 0.4) is 0 Å². The molecule has 61 valence electrons. The molecule has 0 amide bonds. The minimum Gasteiger partial charge on any atom is -0.314 e. The Bertz CT molecular complexity index is 61.7. The fourth-order valence-electron chi connectivity index (χ4n) is 0.795. The van der Waals surface area contributed by atoms with Crippen LogP contribution in [-0.2, 0) is 0 Å². The molecule has 0 bridgehead atoms. The first-order valence-corrected chi connectivity index (χ1v) is 4.33. The molecule has 1 unspecified atom stereocenters. The number of hydrogen-bond acceptors (Lipinski definition) is 1. The summed E-state index contributed by atoms with van der Waals surface area (Å²) < 4.78 is 0. The molecule has 0 aromatic carbocycles. The van der Waals surface area contributed by atoms with Crippen molar-refractivity contribution in [3.05, 3.63) is 6.92 Å². The Balaban J connectivity index is 2.89. The molecular formula is C9H20N. The van der Waals surface area contributed by atoms with Gasteiger partial charge in [-0.15, -0.1) is 0 Å². The van der Waals surface area contributed by atoms with E-state index >= 15 is 0 Å². The first-order chi connectivity index (χ1) is 4.81. The monoisotopic (exact) mass is 142 g/mol. The lowest BCUT2D eigenvalue weighted by Gasteiger charge is -2.09. The second kappa shape index (κ2) is 7.07. The van der Waals surface area contributed by atoms with Crippen molar-refractivity contribution in [3.63, 3.8) is 0 Å². The maximum Gasteiger partial charge on any atom is 0.00360 e. The van der Waals surface area contributed by atoms with Crippen molar-refractivity contribution in [2.45, 2.75) is 45.6 Å². The van der Waals surface area contributed by atoms with Crippen LogP contribution >= 0.6 is 0 Å². The predicted molar refractivity (Wildman–Crippen MR) is 47.0 cm³/mol. The highest BCUT2D eigenvalue weighted by Gasteiger charge is 1.94. The summed E-state index contributed by atoms with van der Waals surface area (Å²) in [6.07, 6.45) is 4.82. The summed E-state index contributed by atoms with van der Waals surface area (Å²) in [5.41, 5.74) is 0. The van der Waals surface area contributed by atoms with Gasteiger partial charge < -0.3 is 5.32 Å². The molecule has 0 aromatic heterocycles. The van der Waals surface area contributed by atoms with Crippen molar-refractivity contribution in [1.82, 2.24) is 5.32 Å². The van der Waals surface area contributed by atoms with Gasteiger partial charge in [-0.05, 0) is 26.3 Å². The molecule has 0 spiro atoms. The summed E-state index contributed by atoms with van der Waals surface area (Å²) >= 11 is 0. The van der Waals surface area contributed by atoms with Gasteiger partial charge >= 0.3 is 0 Å². The van der Waals surface area contributed by atoms with Gasteiger partial charge in [-0.3, -0.25) is 0 Å². The Hall–Kier alpha value is -0.0400. The van der Waals surface area contributed by atoms with Crippen molar-refractivity contribution in [2.24, 2.45) is 0 Å². The van der Waals surface area contributed by atoms with Crippen LogP contribution in [0.5, 0.6) is 0 Å². The largest absolute Gasteiger partial charge is 0.314 e. The van der Waals surface area contributed by atoms with E-state index in [1.165, 1.54) is 19.3 Å². The lowest BCUT2D eigenvalue weighted by molar-refractivity contribution is 0.517. The lowest BCUT2D eigenvalue weighted by Crippen LogP contribution is -2.25. The van der Waals surface area contributed by atoms with E-state index in [-0.39, 0.29) is 0 Å². The molecule has 10 heavy (non-hydrogen) atoms. The van der Waals surface area contributed by atoms with E-state index in [4.69, 9.17) is 0 Å². The maximum atomic E-state index is 3.79. The summed E-state index contributed by atoms with van der Waals surface area (Å²) in [6.45, 7) is 9.39. The Morgan fingerprint density at radius 1 is 1.40 bits per heavy atom. The van der Waals surface area contributed by atoms with Crippen LogP contribution in [0.1, 0.15) is 39.5 Å². The number of unbranched alkanes of at least 4 members (excludes halogenated alkanes) is 2. The third-order valence-electron chi connectivity index (χ3n) is 1.78. The molecule has 0 heterocycles. The predicted octanol–water partition coefficient (Wildman–Crippen LogP) is 2.38. The van der Waals surface area contributed by atoms with Crippen molar-refractivity contribution in [1.29, 1.82) is 0 Å². The highest BCUT2D eigenvalue weighted by Crippen LogP contribution is 1.93. The summed E-state index contributed by atoms with van der Waals surface area (Å²) in [7, 11) is 0. The molecule has 0 fully saturated rings. The van der Waals surface area contributed by atoms with Gasteiger partial charge in [-0.1, -0.05) is 26.7 Å². The SMILES string of the molecule is [CH2]CCCCNC(C)CC. The van der Waals surface area contributed by atoms with Crippen LogP contribution < -0.4 is 5.32 Å². The zero-order valence-electron chi connectivity index (χ0n) is 7.32. The van der Waals surface area contributed by atoms with Crippen LogP contribution in [0.4, 0.5) is 0 Å². The quantitative estimate of drug-likeness (QED) is 0.561. The zero-order valence-corrected chi connectivity index (χ0v) is 7.32. The summed E-state index contributed by atoms with van der Waals surface area (Å²) in [5, 5.41) is 3.44. The van der Waals surface area contributed by atoms with E-state index in [2.05, 4.69) is 26.1 Å². The molecule has 0 saturated heterocycles. The highest BCUT2D eigenvalue weighted by molar-refractivity contribution is 4.57. The fourth-order valence-corrected chi connectivity index (χ4v) is 0.795. The summed E-state index contributed by atoms with van der Waals surface area (Å²) in [5.74, 6) is 0. The number of rotatable bonds is 6. The number of nitrogens with one attached hydrogen (secondary N) is 1. The molecule has 1 heteroatoms. The smallest absolute Gasteiger partial charge is 0.00360 e. The van der Waals surface area contributed by atoms with Gasteiger partial charge in [0.2, 0.25) is 0 Å². The number of hydrogen-bond donors (Lipinski definition) is 1. The summed E-state index contributed by atoms with van der Waals surface area (Å²) in [6, 6.07) is 0.685. The van der Waals surface area contributed by atoms with Crippen LogP contribution in [0, 0.1) is 6.92 Å². The highest BCUT2D eigenvalue weighted by atomic mass is 14.9. The molecule has 0 aliphatic carbocycles. The molecule has 0 rings (SSSR count). The van der Waals surface area contributed by atoms with Gasteiger partial charge in [0.25, 0.3) is 0 Å². The third-order valence-corrected chi connectivity index (χ3v) is 1.78. The fraction of sp³-hybridized carbons (Fsp3) is 0.889. The van der Waals surface area contributed by atoms with Crippen LogP contribution in [0.2, 0.25) is 0 Å². The Morgan fingerprint density at radius 3 is 2.60 bits per heavy atom. The van der Waals surface area contributed by atoms with Crippen LogP contribution in [-0.4, -0.2) is 12.6 Å².